The molecule has 0 bridgehead atoms. The highest BCUT2D eigenvalue weighted by Crippen LogP contribution is 2.17. The number of hydrogen-bond acceptors (Lipinski definition) is 4. The normalized spacial score (nSPS) is 10.0. The molecule has 98 valence electrons. The third kappa shape index (κ3) is 3.23. The second-order valence-electron chi connectivity index (χ2n) is 3.63. The third-order valence-electron chi connectivity index (χ3n) is 2.34. The smallest absolute Gasteiger partial charge is 0.337 e. The van der Waals surface area contributed by atoms with E-state index in [-0.39, 0.29) is 5.76 Å². The summed E-state index contributed by atoms with van der Waals surface area (Å²) in [5, 5.41) is 2.63. The van der Waals surface area contributed by atoms with Gasteiger partial charge in [-0.2, -0.15) is 0 Å². The molecule has 0 aliphatic rings. The van der Waals surface area contributed by atoms with E-state index >= 15 is 0 Å². The summed E-state index contributed by atoms with van der Waals surface area (Å²) in [7, 11) is 1.30. The van der Waals surface area contributed by atoms with Crippen molar-refractivity contribution in [1.82, 2.24) is 0 Å². The predicted molar refractivity (Wildman–Crippen MR) is 72.1 cm³/mol. The first-order chi connectivity index (χ1) is 9.10. The molecule has 0 aliphatic heterocycles. The summed E-state index contributed by atoms with van der Waals surface area (Å²) >= 11 is 3.12. The zero-order valence-electron chi connectivity index (χ0n) is 9.98. The van der Waals surface area contributed by atoms with Gasteiger partial charge in [-0.15, -0.1) is 0 Å². The lowest BCUT2D eigenvalue weighted by molar-refractivity contribution is 0.0600. The highest BCUT2D eigenvalue weighted by Gasteiger charge is 2.12. The second kappa shape index (κ2) is 5.71. The number of esters is 1. The molecule has 6 heteroatoms. The number of methoxy groups -OCH3 is 1. The van der Waals surface area contributed by atoms with Crippen molar-refractivity contribution in [1.29, 1.82) is 0 Å². The number of anilines is 1. The number of ether oxygens (including phenoxy) is 1. The Labute approximate surface area is 117 Å². The Morgan fingerprint density at radius 2 is 2.05 bits per heavy atom. The van der Waals surface area contributed by atoms with Crippen molar-refractivity contribution < 1.29 is 18.7 Å². The standard InChI is InChI=1S/C13H10BrNO4/c1-18-13(17)8-3-2-4-9(7-8)15-12(16)10-5-6-11(14)19-10/h2-7H,1H3,(H,15,16). The van der Waals surface area contributed by atoms with Gasteiger partial charge in [0.25, 0.3) is 5.91 Å². The van der Waals surface area contributed by atoms with E-state index in [0.29, 0.717) is 15.9 Å². The van der Waals surface area contributed by atoms with Gasteiger partial charge in [-0.25, -0.2) is 4.79 Å². The fourth-order valence-electron chi connectivity index (χ4n) is 1.47. The van der Waals surface area contributed by atoms with Gasteiger partial charge in [-0.1, -0.05) is 6.07 Å². The number of carbonyl (C=O) groups excluding carboxylic acids is 2. The SMILES string of the molecule is COC(=O)c1cccc(NC(=O)c2ccc(Br)o2)c1. The molecule has 1 aromatic heterocycles. The van der Waals surface area contributed by atoms with Crippen molar-refractivity contribution in [2.45, 2.75) is 0 Å². The van der Waals surface area contributed by atoms with Crippen LogP contribution in [0.1, 0.15) is 20.9 Å². The summed E-state index contributed by atoms with van der Waals surface area (Å²) in [5.41, 5.74) is 0.848. The van der Waals surface area contributed by atoms with E-state index in [1.54, 1.807) is 30.3 Å². The van der Waals surface area contributed by atoms with Crippen LogP contribution in [0.5, 0.6) is 0 Å². The van der Waals surface area contributed by atoms with E-state index in [1.165, 1.54) is 13.2 Å². The quantitative estimate of drug-likeness (QED) is 0.881. The Morgan fingerprint density at radius 1 is 1.26 bits per heavy atom. The number of benzene rings is 1. The van der Waals surface area contributed by atoms with Gasteiger partial charge in [0.05, 0.1) is 12.7 Å². The van der Waals surface area contributed by atoms with Crippen LogP contribution in [0.25, 0.3) is 0 Å². The number of halogens is 1. The fourth-order valence-corrected chi connectivity index (χ4v) is 1.78. The first-order valence-electron chi connectivity index (χ1n) is 5.35. The highest BCUT2D eigenvalue weighted by molar-refractivity contribution is 9.10. The molecule has 0 aliphatic carbocycles. The van der Waals surface area contributed by atoms with Crippen molar-refractivity contribution >= 4 is 33.5 Å². The van der Waals surface area contributed by atoms with E-state index in [2.05, 4.69) is 26.0 Å². The highest BCUT2D eigenvalue weighted by atomic mass is 79.9. The van der Waals surface area contributed by atoms with Gasteiger partial charge >= 0.3 is 5.97 Å². The summed E-state index contributed by atoms with van der Waals surface area (Å²) in [6.07, 6.45) is 0. The minimum absolute atomic E-state index is 0.176. The number of carbonyl (C=O) groups is 2. The lowest BCUT2D eigenvalue weighted by Crippen LogP contribution is -2.11. The maximum Gasteiger partial charge on any atom is 0.337 e. The predicted octanol–water partition coefficient (Wildman–Crippen LogP) is 3.08. The molecule has 5 nitrogen and oxygen atoms in total. The van der Waals surface area contributed by atoms with Crippen LogP contribution < -0.4 is 5.32 Å². The van der Waals surface area contributed by atoms with E-state index in [1.807, 2.05) is 0 Å². The fraction of sp³-hybridized carbons (Fsp3) is 0.0769. The average Bonchev–Trinajstić information content (AvgIpc) is 2.85. The first-order valence-corrected chi connectivity index (χ1v) is 6.14. The number of hydrogen-bond donors (Lipinski definition) is 1. The van der Waals surface area contributed by atoms with Gasteiger partial charge in [-0.05, 0) is 46.3 Å². The lowest BCUT2D eigenvalue weighted by Gasteiger charge is -2.05. The largest absolute Gasteiger partial charge is 0.465 e. The van der Waals surface area contributed by atoms with Crippen molar-refractivity contribution in [3.63, 3.8) is 0 Å². The molecular weight excluding hydrogens is 314 g/mol. The molecular formula is C13H10BrNO4. The summed E-state index contributed by atoms with van der Waals surface area (Å²) in [4.78, 5) is 23.2. The molecule has 0 unspecified atom stereocenters. The number of rotatable bonds is 3. The first kappa shape index (κ1) is 13.4. The molecule has 1 aromatic carbocycles. The topological polar surface area (TPSA) is 68.5 Å². The van der Waals surface area contributed by atoms with Crippen LogP contribution in [0.15, 0.2) is 45.5 Å². The van der Waals surface area contributed by atoms with Crippen molar-refractivity contribution in [2.75, 3.05) is 12.4 Å². The van der Waals surface area contributed by atoms with Crippen molar-refractivity contribution in [2.24, 2.45) is 0 Å². The molecule has 0 radical (unpaired) electrons. The van der Waals surface area contributed by atoms with Gasteiger partial charge < -0.3 is 14.5 Å². The summed E-state index contributed by atoms with van der Waals surface area (Å²) in [5.74, 6) is -0.681. The average molecular weight is 324 g/mol. The maximum absolute atomic E-state index is 11.8. The van der Waals surface area contributed by atoms with Gasteiger partial charge in [0.1, 0.15) is 0 Å². The van der Waals surface area contributed by atoms with Crippen LogP contribution in [0.4, 0.5) is 5.69 Å². The molecule has 1 N–H and O–H groups in total. The monoisotopic (exact) mass is 323 g/mol. The van der Waals surface area contributed by atoms with Gasteiger partial charge in [0.15, 0.2) is 10.4 Å². The van der Waals surface area contributed by atoms with E-state index in [4.69, 9.17) is 4.42 Å². The Kier molecular flexibility index (Phi) is 4.01. The number of furan rings is 1. The van der Waals surface area contributed by atoms with Crippen LogP contribution in [-0.2, 0) is 4.74 Å². The van der Waals surface area contributed by atoms with Gasteiger partial charge in [-0.3, -0.25) is 4.79 Å². The van der Waals surface area contributed by atoms with E-state index in [0.717, 1.165) is 0 Å². The molecule has 0 atom stereocenters. The summed E-state index contributed by atoms with van der Waals surface area (Å²) < 4.78 is 10.2. The Bertz CT molecular complexity index is 621. The summed E-state index contributed by atoms with van der Waals surface area (Å²) in [6.45, 7) is 0. The van der Waals surface area contributed by atoms with Crippen LogP contribution in [0.3, 0.4) is 0 Å². The molecule has 0 saturated heterocycles. The molecule has 0 saturated carbocycles. The number of amides is 1. The second-order valence-corrected chi connectivity index (χ2v) is 4.41. The Hall–Kier alpha value is -2.08. The maximum atomic E-state index is 11.8. The Balaban J connectivity index is 2.15. The van der Waals surface area contributed by atoms with Crippen LogP contribution in [-0.4, -0.2) is 19.0 Å². The van der Waals surface area contributed by atoms with Crippen LogP contribution >= 0.6 is 15.9 Å². The van der Waals surface area contributed by atoms with Crippen molar-refractivity contribution in [3.05, 3.63) is 52.4 Å². The molecule has 1 heterocycles. The molecule has 0 fully saturated rings. The van der Waals surface area contributed by atoms with Crippen LogP contribution in [0.2, 0.25) is 0 Å². The van der Waals surface area contributed by atoms with E-state index in [9.17, 15) is 9.59 Å². The molecule has 0 spiro atoms. The number of nitrogens with one attached hydrogen (secondary N) is 1. The zero-order valence-corrected chi connectivity index (χ0v) is 11.6. The minimum atomic E-state index is -0.461. The van der Waals surface area contributed by atoms with E-state index < -0.39 is 11.9 Å². The van der Waals surface area contributed by atoms with Gasteiger partial charge in [0, 0.05) is 5.69 Å². The minimum Gasteiger partial charge on any atom is -0.465 e. The lowest BCUT2D eigenvalue weighted by atomic mass is 10.2. The van der Waals surface area contributed by atoms with Crippen molar-refractivity contribution in [3.8, 4) is 0 Å². The Morgan fingerprint density at radius 3 is 2.68 bits per heavy atom. The molecule has 2 rings (SSSR count). The zero-order chi connectivity index (χ0) is 13.8. The summed E-state index contributed by atoms with van der Waals surface area (Å²) in [6, 6.07) is 9.62. The van der Waals surface area contributed by atoms with Gasteiger partial charge in [0.2, 0.25) is 0 Å². The molecule has 1 amide bonds. The van der Waals surface area contributed by atoms with Crippen LogP contribution in [0, 0.1) is 0 Å². The molecule has 19 heavy (non-hydrogen) atoms. The molecule has 2 aromatic rings. The third-order valence-corrected chi connectivity index (χ3v) is 2.76.